The van der Waals surface area contributed by atoms with E-state index in [-0.39, 0.29) is 12.5 Å². The maximum absolute atomic E-state index is 11.9. The molecule has 1 aliphatic rings. The van der Waals surface area contributed by atoms with Crippen LogP contribution in [0.4, 0.5) is 0 Å². The molecule has 1 unspecified atom stereocenters. The highest BCUT2D eigenvalue weighted by molar-refractivity contribution is 7.88. The van der Waals surface area contributed by atoms with Gasteiger partial charge in [0.1, 0.15) is 5.69 Å². The summed E-state index contributed by atoms with van der Waals surface area (Å²) in [4.78, 5) is 3.97. The number of fused-ring (bicyclic) bond motifs is 1. The van der Waals surface area contributed by atoms with Gasteiger partial charge in [0.25, 0.3) is 0 Å². The fourth-order valence-electron chi connectivity index (χ4n) is 2.77. The van der Waals surface area contributed by atoms with Crippen LogP contribution in [0, 0.1) is 0 Å². The van der Waals surface area contributed by atoms with Crippen molar-refractivity contribution >= 4 is 10.0 Å². The Kier molecular flexibility index (Phi) is 4.42. The van der Waals surface area contributed by atoms with Crippen LogP contribution in [0.5, 0.6) is 0 Å². The average Bonchev–Trinajstić information content (AvgIpc) is 2.89. The molecule has 124 valence electrons. The lowest BCUT2D eigenvalue weighted by Gasteiger charge is -2.30. The van der Waals surface area contributed by atoms with Crippen LogP contribution < -0.4 is 0 Å². The zero-order valence-corrected chi connectivity index (χ0v) is 13.9. The Morgan fingerprint density at radius 3 is 2.78 bits per heavy atom. The molecule has 8 nitrogen and oxygen atoms in total. The van der Waals surface area contributed by atoms with E-state index in [1.165, 1.54) is 10.6 Å². The summed E-state index contributed by atoms with van der Waals surface area (Å²) in [6.45, 7) is 1.51. The zero-order valence-electron chi connectivity index (χ0n) is 13.1. The van der Waals surface area contributed by atoms with Gasteiger partial charge in [-0.15, -0.1) is 5.10 Å². The Morgan fingerprint density at radius 1 is 1.35 bits per heavy atom. The number of hydrogen-bond donors (Lipinski definition) is 0. The van der Waals surface area contributed by atoms with Crippen molar-refractivity contribution in [3.63, 3.8) is 0 Å². The van der Waals surface area contributed by atoms with E-state index in [4.69, 9.17) is 4.74 Å². The zero-order chi connectivity index (χ0) is 16.4. The van der Waals surface area contributed by atoms with Crippen molar-refractivity contribution in [3.8, 4) is 0 Å². The fourth-order valence-corrected chi connectivity index (χ4v) is 3.57. The molecule has 2 aromatic rings. The second kappa shape index (κ2) is 6.34. The van der Waals surface area contributed by atoms with Gasteiger partial charge in [-0.25, -0.2) is 8.42 Å². The van der Waals surface area contributed by atoms with Crippen LogP contribution in [-0.2, 0) is 35.0 Å². The van der Waals surface area contributed by atoms with E-state index in [1.807, 2.05) is 19.2 Å². The van der Waals surface area contributed by atoms with Crippen molar-refractivity contribution in [1.82, 2.24) is 24.3 Å². The van der Waals surface area contributed by atoms with Crippen molar-refractivity contribution in [2.24, 2.45) is 7.05 Å². The third kappa shape index (κ3) is 3.57. The molecule has 0 aliphatic carbocycles. The molecule has 3 rings (SSSR count). The fraction of sp³-hybridized carbons (Fsp3) is 0.500. The van der Waals surface area contributed by atoms with Gasteiger partial charge >= 0.3 is 0 Å². The Bertz CT molecular complexity index is 775. The largest absolute Gasteiger partial charge is 0.376 e. The molecule has 9 heteroatoms. The minimum absolute atomic E-state index is 0.0877. The summed E-state index contributed by atoms with van der Waals surface area (Å²) in [5.74, 6) is -0.0877. The van der Waals surface area contributed by atoms with E-state index in [9.17, 15) is 8.42 Å². The van der Waals surface area contributed by atoms with Gasteiger partial charge in [-0.3, -0.25) is 9.67 Å². The number of aryl methyl sites for hydroxylation is 1. The van der Waals surface area contributed by atoms with Crippen LogP contribution in [0.15, 0.2) is 24.5 Å². The van der Waals surface area contributed by atoms with Gasteiger partial charge in [0, 0.05) is 31.9 Å². The van der Waals surface area contributed by atoms with Gasteiger partial charge in [0.05, 0.1) is 31.7 Å². The molecule has 0 fully saturated rings. The van der Waals surface area contributed by atoms with E-state index >= 15 is 0 Å². The SMILES string of the molecule is Cn1nnc2c1C(COCc1ccncc1)CN(S(C)(=O)=O)C2. The van der Waals surface area contributed by atoms with Crippen LogP contribution >= 0.6 is 0 Å². The lowest BCUT2D eigenvalue weighted by Crippen LogP contribution is -2.39. The summed E-state index contributed by atoms with van der Waals surface area (Å²) in [5, 5.41) is 8.09. The third-order valence-electron chi connectivity index (χ3n) is 3.89. The maximum atomic E-state index is 11.9. The van der Waals surface area contributed by atoms with E-state index in [2.05, 4.69) is 15.3 Å². The van der Waals surface area contributed by atoms with Gasteiger partial charge in [-0.1, -0.05) is 5.21 Å². The standard InChI is InChI=1S/C14H19N5O3S/c1-18-14-12(10-22-9-11-3-5-15-6-4-11)7-19(23(2,20)21)8-13(14)16-17-18/h3-6,12H,7-10H2,1-2H3. The highest BCUT2D eigenvalue weighted by Gasteiger charge is 2.34. The molecule has 0 aromatic carbocycles. The van der Waals surface area contributed by atoms with Crippen molar-refractivity contribution in [3.05, 3.63) is 41.5 Å². The maximum Gasteiger partial charge on any atom is 0.211 e. The molecule has 0 radical (unpaired) electrons. The number of ether oxygens (including phenoxy) is 1. The second-order valence-corrected chi connectivity index (χ2v) is 7.65. The minimum atomic E-state index is -3.28. The Labute approximate surface area is 135 Å². The number of aromatic nitrogens is 4. The van der Waals surface area contributed by atoms with Gasteiger partial charge in [0.2, 0.25) is 10.0 Å². The molecular formula is C14H19N5O3S. The summed E-state index contributed by atoms with van der Waals surface area (Å²) in [7, 11) is -1.46. The average molecular weight is 337 g/mol. The van der Waals surface area contributed by atoms with E-state index < -0.39 is 10.0 Å². The molecule has 23 heavy (non-hydrogen) atoms. The monoisotopic (exact) mass is 337 g/mol. The first-order valence-corrected chi connectivity index (χ1v) is 9.10. The van der Waals surface area contributed by atoms with Crippen molar-refractivity contribution in [2.75, 3.05) is 19.4 Å². The van der Waals surface area contributed by atoms with Crippen LogP contribution in [-0.4, -0.2) is 52.1 Å². The van der Waals surface area contributed by atoms with Crippen molar-refractivity contribution in [1.29, 1.82) is 0 Å². The summed E-state index contributed by atoms with van der Waals surface area (Å²) in [6, 6.07) is 3.78. The van der Waals surface area contributed by atoms with Crippen LogP contribution in [0.2, 0.25) is 0 Å². The third-order valence-corrected chi connectivity index (χ3v) is 5.10. The predicted molar refractivity (Wildman–Crippen MR) is 82.9 cm³/mol. The first kappa shape index (κ1) is 16.0. The molecular weight excluding hydrogens is 318 g/mol. The van der Waals surface area contributed by atoms with Gasteiger partial charge in [-0.2, -0.15) is 4.31 Å². The van der Waals surface area contributed by atoms with E-state index in [1.54, 1.807) is 17.1 Å². The summed E-state index contributed by atoms with van der Waals surface area (Å²) < 4.78 is 32.6. The Hall–Kier alpha value is -1.84. The number of pyridine rings is 1. The first-order chi connectivity index (χ1) is 10.9. The predicted octanol–water partition coefficient (Wildman–Crippen LogP) is 0.286. The van der Waals surface area contributed by atoms with Crippen LogP contribution in [0.25, 0.3) is 0 Å². The molecule has 0 saturated carbocycles. The molecule has 0 bridgehead atoms. The number of sulfonamides is 1. The molecule has 3 heterocycles. The highest BCUT2D eigenvalue weighted by atomic mass is 32.2. The molecule has 0 amide bonds. The van der Waals surface area contributed by atoms with Gasteiger partial charge < -0.3 is 4.74 Å². The van der Waals surface area contributed by atoms with Gasteiger partial charge in [-0.05, 0) is 17.7 Å². The summed E-state index contributed by atoms with van der Waals surface area (Å²) in [5.41, 5.74) is 2.67. The van der Waals surface area contributed by atoms with Crippen LogP contribution in [0.1, 0.15) is 22.9 Å². The van der Waals surface area contributed by atoms with Crippen molar-refractivity contribution in [2.45, 2.75) is 19.1 Å². The van der Waals surface area contributed by atoms with E-state index in [0.29, 0.717) is 25.5 Å². The summed E-state index contributed by atoms with van der Waals surface area (Å²) >= 11 is 0. The lowest BCUT2D eigenvalue weighted by molar-refractivity contribution is 0.0957. The van der Waals surface area contributed by atoms with Crippen LogP contribution in [0.3, 0.4) is 0 Å². The molecule has 2 aromatic heterocycles. The molecule has 0 saturated heterocycles. The molecule has 0 N–H and O–H groups in total. The summed E-state index contributed by atoms with van der Waals surface area (Å²) in [6.07, 6.45) is 4.64. The Balaban J connectivity index is 1.73. The topological polar surface area (TPSA) is 90.2 Å². The molecule has 1 atom stereocenters. The van der Waals surface area contributed by atoms with Crippen molar-refractivity contribution < 1.29 is 13.2 Å². The highest BCUT2D eigenvalue weighted by Crippen LogP contribution is 2.28. The molecule has 0 spiro atoms. The van der Waals surface area contributed by atoms with E-state index in [0.717, 1.165) is 11.3 Å². The Morgan fingerprint density at radius 2 is 2.09 bits per heavy atom. The molecule has 1 aliphatic heterocycles. The number of nitrogens with zero attached hydrogens (tertiary/aromatic N) is 5. The minimum Gasteiger partial charge on any atom is -0.376 e. The van der Waals surface area contributed by atoms with Gasteiger partial charge in [0.15, 0.2) is 0 Å². The first-order valence-electron chi connectivity index (χ1n) is 7.25. The second-order valence-electron chi connectivity index (χ2n) is 5.67. The number of rotatable bonds is 5. The quantitative estimate of drug-likeness (QED) is 0.779. The number of hydrogen-bond acceptors (Lipinski definition) is 6. The smallest absolute Gasteiger partial charge is 0.211 e. The lowest BCUT2D eigenvalue weighted by atomic mass is 10.0. The normalized spacial score (nSPS) is 18.8.